The highest BCUT2D eigenvalue weighted by atomic mass is 14.7. The number of benzene rings is 1. The van der Waals surface area contributed by atoms with Crippen LogP contribution in [0.3, 0.4) is 0 Å². The Hall–Kier alpha value is -1.24. The second kappa shape index (κ2) is 2.13. The van der Waals surface area contributed by atoms with Crippen molar-refractivity contribution in [1.82, 2.24) is 4.98 Å². The van der Waals surface area contributed by atoms with Gasteiger partial charge in [-0.1, -0.05) is 12.1 Å². The SMILES string of the molecule is c1cc2ccc3c(c2[nH]1)CCC3. The Kier molecular flexibility index (Phi) is 1.12. The Morgan fingerprint density at radius 3 is 3.08 bits per heavy atom. The maximum Gasteiger partial charge on any atom is 0.0489 e. The molecular weight excluding hydrogens is 146 g/mol. The standard InChI is InChI=1S/C11H11N/c1-2-8-4-5-9-6-7-12-11(9)10(8)3-1/h4-7,12H,1-3H2. The summed E-state index contributed by atoms with van der Waals surface area (Å²) < 4.78 is 0. The summed E-state index contributed by atoms with van der Waals surface area (Å²) in [5.41, 5.74) is 4.47. The van der Waals surface area contributed by atoms with Crippen LogP contribution in [0.1, 0.15) is 17.5 Å². The minimum atomic E-state index is 1.26. The van der Waals surface area contributed by atoms with Gasteiger partial charge in [0.2, 0.25) is 0 Å². The van der Waals surface area contributed by atoms with Crippen LogP contribution in [0.5, 0.6) is 0 Å². The first-order valence-electron chi connectivity index (χ1n) is 4.53. The average Bonchev–Trinajstić information content (AvgIpc) is 2.71. The highest BCUT2D eigenvalue weighted by Gasteiger charge is 2.13. The van der Waals surface area contributed by atoms with Gasteiger partial charge < -0.3 is 4.98 Å². The lowest BCUT2D eigenvalue weighted by Gasteiger charge is -1.99. The van der Waals surface area contributed by atoms with Crippen molar-refractivity contribution in [2.75, 3.05) is 0 Å². The number of fused-ring (bicyclic) bond motifs is 3. The predicted molar refractivity (Wildman–Crippen MR) is 50.3 cm³/mol. The zero-order valence-corrected chi connectivity index (χ0v) is 6.93. The number of H-pyrrole nitrogens is 1. The molecule has 0 aliphatic heterocycles. The second-order valence-corrected chi connectivity index (χ2v) is 3.50. The third-order valence-electron chi connectivity index (χ3n) is 2.81. The first kappa shape index (κ1) is 6.30. The van der Waals surface area contributed by atoms with E-state index in [2.05, 4.69) is 23.2 Å². The van der Waals surface area contributed by atoms with E-state index in [4.69, 9.17) is 0 Å². The molecule has 0 bridgehead atoms. The lowest BCUT2D eigenvalue weighted by Crippen LogP contribution is -1.82. The Labute approximate surface area is 71.4 Å². The summed E-state index contributed by atoms with van der Waals surface area (Å²) in [5.74, 6) is 0. The van der Waals surface area contributed by atoms with Crippen molar-refractivity contribution in [2.45, 2.75) is 19.3 Å². The quantitative estimate of drug-likeness (QED) is 0.605. The summed E-state index contributed by atoms with van der Waals surface area (Å²) in [6, 6.07) is 6.64. The van der Waals surface area contributed by atoms with Crippen LogP contribution < -0.4 is 0 Å². The Morgan fingerprint density at radius 2 is 2.08 bits per heavy atom. The first-order valence-corrected chi connectivity index (χ1v) is 4.53. The number of rotatable bonds is 0. The third kappa shape index (κ3) is 0.685. The van der Waals surface area contributed by atoms with Gasteiger partial charge in [-0.2, -0.15) is 0 Å². The number of aromatic amines is 1. The lowest BCUT2D eigenvalue weighted by atomic mass is 10.1. The summed E-state index contributed by atoms with van der Waals surface area (Å²) in [4.78, 5) is 3.32. The fourth-order valence-corrected chi connectivity index (χ4v) is 2.21. The van der Waals surface area contributed by atoms with Gasteiger partial charge in [0.25, 0.3) is 0 Å². The van der Waals surface area contributed by atoms with E-state index < -0.39 is 0 Å². The molecule has 0 fully saturated rings. The molecule has 1 aromatic heterocycles. The predicted octanol–water partition coefficient (Wildman–Crippen LogP) is 2.66. The molecule has 12 heavy (non-hydrogen) atoms. The van der Waals surface area contributed by atoms with Crippen LogP contribution in [-0.2, 0) is 12.8 Å². The van der Waals surface area contributed by atoms with Crippen molar-refractivity contribution >= 4 is 10.9 Å². The molecule has 1 aliphatic rings. The smallest absolute Gasteiger partial charge is 0.0489 e. The molecule has 1 N–H and O–H groups in total. The lowest BCUT2D eigenvalue weighted by molar-refractivity contribution is 0.913. The molecule has 2 aromatic rings. The molecule has 3 rings (SSSR count). The Bertz CT molecular complexity index is 425. The van der Waals surface area contributed by atoms with Gasteiger partial charge in [-0.15, -0.1) is 0 Å². The van der Waals surface area contributed by atoms with E-state index in [1.165, 1.54) is 30.2 Å². The highest BCUT2D eigenvalue weighted by Crippen LogP contribution is 2.28. The minimum Gasteiger partial charge on any atom is -0.361 e. The monoisotopic (exact) mass is 157 g/mol. The Balaban J connectivity index is 2.46. The highest BCUT2D eigenvalue weighted by molar-refractivity contribution is 5.84. The van der Waals surface area contributed by atoms with Crippen molar-refractivity contribution < 1.29 is 0 Å². The van der Waals surface area contributed by atoms with Crippen molar-refractivity contribution in [3.05, 3.63) is 35.5 Å². The van der Waals surface area contributed by atoms with E-state index >= 15 is 0 Å². The zero-order chi connectivity index (χ0) is 7.97. The molecule has 0 amide bonds. The molecule has 60 valence electrons. The van der Waals surface area contributed by atoms with Crippen LogP contribution >= 0.6 is 0 Å². The van der Waals surface area contributed by atoms with E-state index in [-0.39, 0.29) is 0 Å². The number of hydrogen-bond donors (Lipinski definition) is 1. The summed E-state index contributed by atoms with van der Waals surface area (Å²) >= 11 is 0. The minimum absolute atomic E-state index is 1.26. The van der Waals surface area contributed by atoms with Crippen molar-refractivity contribution in [1.29, 1.82) is 0 Å². The fraction of sp³-hybridized carbons (Fsp3) is 0.273. The van der Waals surface area contributed by atoms with Gasteiger partial charge in [0, 0.05) is 11.7 Å². The molecule has 0 saturated heterocycles. The maximum absolute atomic E-state index is 3.32. The average molecular weight is 157 g/mol. The van der Waals surface area contributed by atoms with Crippen molar-refractivity contribution in [3.8, 4) is 0 Å². The molecule has 1 aliphatic carbocycles. The third-order valence-corrected chi connectivity index (χ3v) is 2.81. The molecule has 0 atom stereocenters. The largest absolute Gasteiger partial charge is 0.361 e. The normalized spacial score (nSPS) is 15.3. The van der Waals surface area contributed by atoms with E-state index in [0.29, 0.717) is 0 Å². The maximum atomic E-state index is 3.32. The van der Waals surface area contributed by atoms with Crippen LogP contribution in [0.15, 0.2) is 24.4 Å². The summed E-state index contributed by atoms with van der Waals surface area (Å²) in [6.45, 7) is 0. The molecule has 0 radical (unpaired) electrons. The number of aromatic nitrogens is 1. The van der Waals surface area contributed by atoms with Gasteiger partial charge in [-0.25, -0.2) is 0 Å². The molecule has 1 heterocycles. The topological polar surface area (TPSA) is 15.8 Å². The first-order chi connectivity index (χ1) is 5.95. The summed E-state index contributed by atoms with van der Waals surface area (Å²) in [6.07, 6.45) is 5.88. The number of hydrogen-bond acceptors (Lipinski definition) is 0. The molecule has 1 aromatic carbocycles. The van der Waals surface area contributed by atoms with Gasteiger partial charge in [0.05, 0.1) is 0 Å². The molecule has 0 spiro atoms. The van der Waals surface area contributed by atoms with Gasteiger partial charge in [-0.3, -0.25) is 0 Å². The fourth-order valence-electron chi connectivity index (χ4n) is 2.21. The summed E-state index contributed by atoms with van der Waals surface area (Å²) in [5, 5.41) is 1.36. The van der Waals surface area contributed by atoms with Gasteiger partial charge in [-0.05, 0) is 41.8 Å². The van der Waals surface area contributed by atoms with Gasteiger partial charge >= 0.3 is 0 Å². The van der Waals surface area contributed by atoms with Crippen LogP contribution in [0.4, 0.5) is 0 Å². The van der Waals surface area contributed by atoms with Crippen LogP contribution in [-0.4, -0.2) is 4.98 Å². The number of aryl methyl sites for hydroxylation is 2. The van der Waals surface area contributed by atoms with Crippen LogP contribution in [0, 0.1) is 0 Å². The number of nitrogens with one attached hydrogen (secondary N) is 1. The van der Waals surface area contributed by atoms with E-state index in [0.717, 1.165) is 0 Å². The molecule has 0 unspecified atom stereocenters. The van der Waals surface area contributed by atoms with E-state index in [1.54, 1.807) is 11.1 Å². The Morgan fingerprint density at radius 1 is 1.08 bits per heavy atom. The second-order valence-electron chi connectivity index (χ2n) is 3.50. The van der Waals surface area contributed by atoms with Gasteiger partial charge in [0.1, 0.15) is 0 Å². The van der Waals surface area contributed by atoms with E-state index in [9.17, 15) is 0 Å². The van der Waals surface area contributed by atoms with Crippen molar-refractivity contribution in [3.63, 3.8) is 0 Å². The summed E-state index contributed by atoms with van der Waals surface area (Å²) in [7, 11) is 0. The van der Waals surface area contributed by atoms with Gasteiger partial charge in [0.15, 0.2) is 0 Å². The molecular formula is C11H11N. The van der Waals surface area contributed by atoms with Crippen molar-refractivity contribution in [2.24, 2.45) is 0 Å². The molecule has 1 heteroatoms. The van der Waals surface area contributed by atoms with E-state index in [1.807, 2.05) is 6.20 Å². The molecule has 0 saturated carbocycles. The zero-order valence-electron chi connectivity index (χ0n) is 6.93. The molecule has 1 nitrogen and oxygen atoms in total. The van der Waals surface area contributed by atoms with Crippen LogP contribution in [0.25, 0.3) is 10.9 Å². The van der Waals surface area contributed by atoms with Crippen LogP contribution in [0.2, 0.25) is 0 Å².